The predicted molar refractivity (Wildman–Crippen MR) is 107 cm³/mol. The molecule has 2 aromatic carbocycles. The van der Waals surface area contributed by atoms with E-state index in [0.29, 0.717) is 16.5 Å². The predicted octanol–water partition coefficient (Wildman–Crippen LogP) is 3.82. The van der Waals surface area contributed by atoms with E-state index in [1.54, 1.807) is 24.3 Å². The van der Waals surface area contributed by atoms with E-state index in [1.165, 1.54) is 24.3 Å². The van der Waals surface area contributed by atoms with Gasteiger partial charge in [0.05, 0.1) is 4.90 Å². The summed E-state index contributed by atoms with van der Waals surface area (Å²) in [5, 5.41) is 3.36. The molecule has 0 spiro atoms. The Kier molecular flexibility index (Phi) is 7.50. The van der Waals surface area contributed by atoms with Gasteiger partial charge in [-0.25, -0.2) is 8.42 Å². The number of halogens is 1. The SMILES string of the molecule is CCC[C@@H](C)NC(=O)COc1ccc(S(=O)(=O)Nc2ccc(Cl)cc2)cc1. The summed E-state index contributed by atoms with van der Waals surface area (Å²) in [4.78, 5) is 11.9. The average molecular weight is 411 g/mol. The quantitative estimate of drug-likeness (QED) is 0.658. The molecule has 0 aliphatic carbocycles. The number of carbonyl (C=O) groups is 1. The summed E-state index contributed by atoms with van der Waals surface area (Å²) in [6.45, 7) is 3.87. The summed E-state index contributed by atoms with van der Waals surface area (Å²) in [6.07, 6.45) is 1.89. The summed E-state index contributed by atoms with van der Waals surface area (Å²) in [6, 6.07) is 12.3. The van der Waals surface area contributed by atoms with Crippen molar-refractivity contribution in [2.24, 2.45) is 0 Å². The third-order valence-corrected chi connectivity index (χ3v) is 5.38. The minimum atomic E-state index is -3.72. The lowest BCUT2D eigenvalue weighted by Gasteiger charge is -2.13. The molecule has 2 rings (SSSR count). The van der Waals surface area contributed by atoms with Gasteiger partial charge in [-0.1, -0.05) is 24.9 Å². The fourth-order valence-corrected chi connectivity index (χ4v) is 3.60. The van der Waals surface area contributed by atoms with E-state index in [1.807, 2.05) is 6.92 Å². The largest absolute Gasteiger partial charge is 0.484 e. The van der Waals surface area contributed by atoms with Crippen molar-refractivity contribution < 1.29 is 17.9 Å². The molecule has 1 amide bonds. The zero-order valence-corrected chi connectivity index (χ0v) is 16.8. The van der Waals surface area contributed by atoms with Gasteiger partial charge in [0.15, 0.2) is 6.61 Å². The van der Waals surface area contributed by atoms with Crippen molar-refractivity contribution in [3.05, 3.63) is 53.6 Å². The summed E-state index contributed by atoms with van der Waals surface area (Å²) < 4.78 is 32.7. The monoisotopic (exact) mass is 410 g/mol. The number of benzene rings is 2. The van der Waals surface area contributed by atoms with Gasteiger partial charge in [0, 0.05) is 16.8 Å². The van der Waals surface area contributed by atoms with Crippen LogP contribution in [0.2, 0.25) is 5.02 Å². The van der Waals surface area contributed by atoms with Crippen molar-refractivity contribution in [3.8, 4) is 5.75 Å². The van der Waals surface area contributed by atoms with Gasteiger partial charge < -0.3 is 10.1 Å². The third kappa shape index (κ3) is 6.77. The van der Waals surface area contributed by atoms with E-state index in [9.17, 15) is 13.2 Å². The number of anilines is 1. The molecule has 27 heavy (non-hydrogen) atoms. The van der Waals surface area contributed by atoms with E-state index in [2.05, 4.69) is 17.0 Å². The molecule has 0 aromatic heterocycles. The molecular formula is C19H23ClN2O4S. The van der Waals surface area contributed by atoms with Crippen molar-refractivity contribution in [3.63, 3.8) is 0 Å². The van der Waals surface area contributed by atoms with Crippen molar-refractivity contribution in [2.75, 3.05) is 11.3 Å². The zero-order chi connectivity index (χ0) is 19.9. The molecule has 0 saturated carbocycles. The molecule has 1 atom stereocenters. The first-order valence-corrected chi connectivity index (χ1v) is 10.5. The Morgan fingerprint density at radius 3 is 2.33 bits per heavy atom. The zero-order valence-electron chi connectivity index (χ0n) is 15.2. The molecule has 0 fully saturated rings. The van der Waals surface area contributed by atoms with Gasteiger partial charge in [-0.2, -0.15) is 0 Å². The van der Waals surface area contributed by atoms with Crippen molar-refractivity contribution in [1.82, 2.24) is 5.32 Å². The van der Waals surface area contributed by atoms with Crippen LogP contribution in [-0.4, -0.2) is 27.0 Å². The van der Waals surface area contributed by atoms with Gasteiger partial charge in [-0.05, 0) is 61.9 Å². The van der Waals surface area contributed by atoms with Crippen LogP contribution in [0.4, 0.5) is 5.69 Å². The van der Waals surface area contributed by atoms with E-state index in [4.69, 9.17) is 16.3 Å². The van der Waals surface area contributed by atoms with Crippen LogP contribution in [0.3, 0.4) is 0 Å². The molecule has 0 heterocycles. The minimum Gasteiger partial charge on any atom is -0.484 e. The van der Waals surface area contributed by atoms with Crippen LogP contribution in [0, 0.1) is 0 Å². The van der Waals surface area contributed by atoms with Crippen LogP contribution in [0.15, 0.2) is 53.4 Å². The van der Waals surface area contributed by atoms with Gasteiger partial charge in [0.25, 0.3) is 15.9 Å². The lowest BCUT2D eigenvalue weighted by atomic mass is 10.2. The first-order valence-electron chi connectivity index (χ1n) is 8.61. The first-order chi connectivity index (χ1) is 12.8. The molecule has 0 aliphatic rings. The molecule has 8 heteroatoms. The van der Waals surface area contributed by atoms with Crippen LogP contribution >= 0.6 is 11.6 Å². The Bertz CT molecular complexity index is 852. The Morgan fingerprint density at radius 2 is 1.74 bits per heavy atom. The third-order valence-electron chi connectivity index (χ3n) is 3.73. The highest BCUT2D eigenvalue weighted by Gasteiger charge is 2.14. The molecule has 0 bridgehead atoms. The molecule has 6 nitrogen and oxygen atoms in total. The van der Waals surface area contributed by atoms with Gasteiger partial charge in [0.2, 0.25) is 0 Å². The number of amides is 1. The molecule has 2 N–H and O–H groups in total. The number of sulfonamides is 1. The summed E-state index contributed by atoms with van der Waals surface area (Å²) in [5.74, 6) is 0.204. The topological polar surface area (TPSA) is 84.5 Å². The number of hydrogen-bond donors (Lipinski definition) is 2. The minimum absolute atomic E-state index is 0.0887. The highest BCUT2D eigenvalue weighted by atomic mass is 35.5. The highest BCUT2D eigenvalue weighted by Crippen LogP contribution is 2.20. The fourth-order valence-electron chi connectivity index (χ4n) is 2.42. The summed E-state index contributed by atoms with van der Waals surface area (Å²) in [5.41, 5.74) is 0.414. The smallest absolute Gasteiger partial charge is 0.261 e. The molecule has 2 aromatic rings. The first kappa shape index (κ1) is 21.1. The average Bonchev–Trinajstić information content (AvgIpc) is 2.62. The second-order valence-electron chi connectivity index (χ2n) is 6.13. The van der Waals surface area contributed by atoms with Crippen LogP contribution in [0.5, 0.6) is 5.75 Å². The number of hydrogen-bond acceptors (Lipinski definition) is 4. The standard InChI is InChI=1S/C19H23ClN2O4S/c1-3-4-14(2)21-19(23)13-26-17-9-11-18(12-10-17)27(24,25)22-16-7-5-15(20)6-8-16/h5-12,14,22H,3-4,13H2,1-2H3,(H,21,23)/t14-/m1/s1. The maximum Gasteiger partial charge on any atom is 0.261 e. The van der Waals surface area contributed by atoms with Gasteiger partial charge in [-0.15, -0.1) is 0 Å². The molecular weight excluding hydrogens is 388 g/mol. The van der Waals surface area contributed by atoms with E-state index >= 15 is 0 Å². The maximum atomic E-state index is 12.4. The second kappa shape index (κ2) is 9.62. The van der Waals surface area contributed by atoms with Gasteiger partial charge >= 0.3 is 0 Å². The van der Waals surface area contributed by atoms with Crippen LogP contribution < -0.4 is 14.8 Å². The van der Waals surface area contributed by atoms with Gasteiger partial charge in [0.1, 0.15) is 5.75 Å². The number of rotatable bonds is 9. The van der Waals surface area contributed by atoms with Crippen LogP contribution in [0.1, 0.15) is 26.7 Å². The maximum absolute atomic E-state index is 12.4. The van der Waals surface area contributed by atoms with Crippen molar-refractivity contribution >= 4 is 33.2 Å². The van der Waals surface area contributed by atoms with Gasteiger partial charge in [-0.3, -0.25) is 9.52 Å². The number of carbonyl (C=O) groups excluding carboxylic acids is 1. The van der Waals surface area contributed by atoms with Crippen molar-refractivity contribution in [2.45, 2.75) is 37.6 Å². The molecule has 0 aliphatic heterocycles. The fraction of sp³-hybridized carbons (Fsp3) is 0.316. The molecule has 0 unspecified atom stereocenters. The van der Waals surface area contributed by atoms with E-state index < -0.39 is 10.0 Å². The van der Waals surface area contributed by atoms with Crippen molar-refractivity contribution in [1.29, 1.82) is 0 Å². The van der Waals surface area contributed by atoms with Crippen LogP contribution in [-0.2, 0) is 14.8 Å². The molecule has 0 radical (unpaired) electrons. The Morgan fingerprint density at radius 1 is 1.11 bits per heavy atom. The Balaban J connectivity index is 1.93. The summed E-state index contributed by atoms with van der Waals surface area (Å²) in [7, 11) is -3.72. The molecule has 0 saturated heterocycles. The number of nitrogens with one attached hydrogen (secondary N) is 2. The normalized spacial score (nSPS) is 12.3. The lowest BCUT2D eigenvalue weighted by molar-refractivity contribution is -0.123. The Labute approximate surface area is 164 Å². The Hall–Kier alpha value is -2.25. The van der Waals surface area contributed by atoms with E-state index in [-0.39, 0.29) is 23.5 Å². The molecule has 146 valence electrons. The number of ether oxygens (including phenoxy) is 1. The highest BCUT2D eigenvalue weighted by molar-refractivity contribution is 7.92. The lowest BCUT2D eigenvalue weighted by Crippen LogP contribution is -2.35. The second-order valence-corrected chi connectivity index (χ2v) is 8.25. The summed E-state index contributed by atoms with van der Waals surface area (Å²) >= 11 is 5.79. The van der Waals surface area contributed by atoms with Crippen LogP contribution in [0.25, 0.3) is 0 Å². The van der Waals surface area contributed by atoms with E-state index in [0.717, 1.165) is 12.8 Å².